The van der Waals surface area contributed by atoms with E-state index in [0.29, 0.717) is 11.6 Å². The zero-order valence-electron chi connectivity index (χ0n) is 11.6. The first kappa shape index (κ1) is 15.8. The van der Waals surface area contributed by atoms with Crippen LogP contribution in [-0.2, 0) is 0 Å². The van der Waals surface area contributed by atoms with E-state index in [4.69, 9.17) is 4.74 Å². The van der Waals surface area contributed by atoms with E-state index in [1.54, 1.807) is 7.11 Å². The molecule has 1 fully saturated rings. The molecule has 1 saturated heterocycles. The molecule has 1 aliphatic rings. The molecule has 1 aliphatic heterocycles. The largest absolute Gasteiger partial charge is 0.496 e. The summed E-state index contributed by atoms with van der Waals surface area (Å²) in [5.41, 5.74) is 1.75. The molecular formula is C14H21ClN2O2. The van der Waals surface area contributed by atoms with E-state index in [1.165, 1.54) is 0 Å². The van der Waals surface area contributed by atoms with Crippen molar-refractivity contribution < 1.29 is 9.53 Å². The number of amides is 1. The predicted molar refractivity (Wildman–Crippen MR) is 78.3 cm³/mol. The van der Waals surface area contributed by atoms with E-state index >= 15 is 0 Å². The average molecular weight is 285 g/mol. The third-order valence-electron chi connectivity index (χ3n) is 3.54. The van der Waals surface area contributed by atoms with Crippen molar-refractivity contribution in [2.45, 2.75) is 19.4 Å². The van der Waals surface area contributed by atoms with Gasteiger partial charge in [-0.15, -0.1) is 12.4 Å². The van der Waals surface area contributed by atoms with E-state index in [2.05, 4.69) is 5.32 Å². The molecule has 106 valence electrons. The van der Waals surface area contributed by atoms with Gasteiger partial charge in [-0.2, -0.15) is 0 Å². The molecule has 19 heavy (non-hydrogen) atoms. The van der Waals surface area contributed by atoms with Crippen molar-refractivity contribution in [3.8, 4) is 5.75 Å². The molecule has 0 spiro atoms. The third-order valence-corrected chi connectivity index (χ3v) is 3.54. The van der Waals surface area contributed by atoms with E-state index in [0.717, 1.165) is 30.8 Å². The maximum atomic E-state index is 12.3. The van der Waals surface area contributed by atoms with Gasteiger partial charge in [0.05, 0.1) is 7.11 Å². The molecular weight excluding hydrogens is 264 g/mol. The number of aryl methyl sites for hydroxylation is 1. The molecule has 4 nitrogen and oxygen atoms in total. The van der Waals surface area contributed by atoms with Crippen molar-refractivity contribution in [3.05, 3.63) is 29.3 Å². The smallest absolute Gasteiger partial charge is 0.254 e. The Morgan fingerprint density at radius 1 is 1.47 bits per heavy atom. The summed E-state index contributed by atoms with van der Waals surface area (Å²) in [7, 11) is 3.57. The molecule has 1 heterocycles. The maximum Gasteiger partial charge on any atom is 0.254 e. The maximum absolute atomic E-state index is 12.3. The van der Waals surface area contributed by atoms with Gasteiger partial charge in [-0.05, 0) is 38.1 Å². The lowest BCUT2D eigenvalue weighted by Crippen LogP contribution is -2.33. The minimum Gasteiger partial charge on any atom is -0.496 e. The number of methoxy groups -OCH3 is 1. The number of likely N-dealkylation sites (N-methyl/N-ethyl adjacent to an activating group) is 1. The SMILES string of the molecule is CNC1CCN(C(=O)c2ccc(C)c(OC)c2)C1.Cl. The van der Waals surface area contributed by atoms with Gasteiger partial charge in [0.2, 0.25) is 0 Å². The minimum absolute atomic E-state index is 0. The number of carbonyl (C=O) groups is 1. The van der Waals surface area contributed by atoms with Gasteiger partial charge < -0.3 is 15.0 Å². The van der Waals surface area contributed by atoms with Crippen LogP contribution in [0.2, 0.25) is 0 Å². The molecule has 1 N–H and O–H groups in total. The minimum atomic E-state index is 0. The molecule has 0 bridgehead atoms. The first-order valence-corrected chi connectivity index (χ1v) is 6.27. The molecule has 1 aromatic rings. The second kappa shape index (κ2) is 6.78. The Labute approximate surface area is 120 Å². The van der Waals surface area contributed by atoms with Crippen molar-refractivity contribution >= 4 is 18.3 Å². The zero-order valence-corrected chi connectivity index (χ0v) is 12.4. The van der Waals surface area contributed by atoms with Gasteiger partial charge in [-0.3, -0.25) is 4.79 Å². The van der Waals surface area contributed by atoms with E-state index in [9.17, 15) is 4.79 Å². The second-order valence-corrected chi connectivity index (χ2v) is 4.71. The lowest BCUT2D eigenvalue weighted by atomic mass is 10.1. The molecule has 1 atom stereocenters. The number of nitrogens with one attached hydrogen (secondary N) is 1. The highest BCUT2D eigenvalue weighted by Crippen LogP contribution is 2.21. The normalized spacial score (nSPS) is 18.1. The van der Waals surface area contributed by atoms with Crippen LogP contribution in [0.1, 0.15) is 22.3 Å². The summed E-state index contributed by atoms with van der Waals surface area (Å²) < 4.78 is 5.26. The Bertz CT molecular complexity index is 451. The average Bonchev–Trinajstić information content (AvgIpc) is 2.87. The van der Waals surface area contributed by atoms with E-state index in [-0.39, 0.29) is 18.3 Å². The number of ether oxygens (including phenoxy) is 1. The molecule has 1 aromatic carbocycles. The summed E-state index contributed by atoms with van der Waals surface area (Å²) in [5.74, 6) is 0.858. The monoisotopic (exact) mass is 284 g/mol. The van der Waals surface area contributed by atoms with Crippen LogP contribution in [0.4, 0.5) is 0 Å². The van der Waals surface area contributed by atoms with Crippen molar-refractivity contribution in [1.29, 1.82) is 0 Å². The van der Waals surface area contributed by atoms with Gasteiger partial charge in [0.25, 0.3) is 5.91 Å². The van der Waals surface area contributed by atoms with Crippen LogP contribution < -0.4 is 10.1 Å². The van der Waals surface area contributed by atoms with E-state index < -0.39 is 0 Å². The number of nitrogens with zero attached hydrogens (tertiary/aromatic N) is 1. The molecule has 2 rings (SSSR count). The van der Waals surface area contributed by atoms with Crippen LogP contribution in [0.5, 0.6) is 5.75 Å². The Hall–Kier alpha value is -1.26. The fourth-order valence-electron chi connectivity index (χ4n) is 2.32. The number of rotatable bonds is 3. The summed E-state index contributed by atoms with van der Waals surface area (Å²) in [5, 5.41) is 3.21. The molecule has 1 unspecified atom stereocenters. The van der Waals surface area contributed by atoms with Crippen LogP contribution in [0.3, 0.4) is 0 Å². The van der Waals surface area contributed by atoms with Gasteiger partial charge in [-0.1, -0.05) is 6.07 Å². The van der Waals surface area contributed by atoms with Gasteiger partial charge in [0, 0.05) is 24.7 Å². The molecule has 0 saturated carbocycles. The molecule has 0 radical (unpaired) electrons. The number of benzene rings is 1. The lowest BCUT2D eigenvalue weighted by molar-refractivity contribution is 0.0789. The quantitative estimate of drug-likeness (QED) is 0.921. The van der Waals surface area contributed by atoms with Crippen LogP contribution in [0.15, 0.2) is 18.2 Å². The molecule has 1 amide bonds. The fraction of sp³-hybridized carbons (Fsp3) is 0.500. The summed E-state index contributed by atoms with van der Waals surface area (Å²) in [6.07, 6.45) is 1.02. The van der Waals surface area contributed by atoms with Gasteiger partial charge in [0.1, 0.15) is 5.75 Å². The molecule has 5 heteroatoms. The Balaban J connectivity index is 0.00000180. The van der Waals surface area contributed by atoms with Crippen LogP contribution in [0.25, 0.3) is 0 Å². The third kappa shape index (κ3) is 3.39. The number of halogens is 1. The first-order chi connectivity index (χ1) is 8.65. The predicted octanol–water partition coefficient (Wildman–Crippen LogP) is 1.86. The van der Waals surface area contributed by atoms with Crippen molar-refractivity contribution in [2.75, 3.05) is 27.2 Å². The van der Waals surface area contributed by atoms with Gasteiger partial charge in [-0.25, -0.2) is 0 Å². The molecule has 0 aliphatic carbocycles. The Morgan fingerprint density at radius 3 is 2.79 bits per heavy atom. The summed E-state index contributed by atoms with van der Waals surface area (Å²) in [6, 6.07) is 6.04. The summed E-state index contributed by atoms with van der Waals surface area (Å²) in [4.78, 5) is 14.2. The van der Waals surface area contributed by atoms with Gasteiger partial charge in [0.15, 0.2) is 0 Å². The van der Waals surface area contributed by atoms with Crippen LogP contribution in [0, 0.1) is 6.92 Å². The highest BCUT2D eigenvalue weighted by molar-refractivity contribution is 5.95. The van der Waals surface area contributed by atoms with Gasteiger partial charge >= 0.3 is 0 Å². The molecule has 0 aromatic heterocycles. The Morgan fingerprint density at radius 2 is 2.21 bits per heavy atom. The standard InChI is InChI=1S/C14H20N2O2.ClH/c1-10-4-5-11(8-13(10)18-3)14(17)16-7-6-12(9-16)15-2;/h4-5,8,12,15H,6-7,9H2,1-3H3;1H. The zero-order chi connectivity index (χ0) is 13.1. The van der Waals surface area contributed by atoms with E-state index in [1.807, 2.05) is 37.1 Å². The van der Waals surface area contributed by atoms with Crippen LogP contribution in [-0.4, -0.2) is 44.1 Å². The summed E-state index contributed by atoms with van der Waals surface area (Å²) in [6.45, 7) is 3.58. The number of likely N-dealkylation sites (tertiary alicyclic amines) is 1. The lowest BCUT2D eigenvalue weighted by Gasteiger charge is -2.17. The topological polar surface area (TPSA) is 41.6 Å². The first-order valence-electron chi connectivity index (χ1n) is 6.27. The second-order valence-electron chi connectivity index (χ2n) is 4.71. The highest BCUT2D eigenvalue weighted by atomic mass is 35.5. The van der Waals surface area contributed by atoms with Crippen molar-refractivity contribution in [3.63, 3.8) is 0 Å². The number of carbonyl (C=O) groups excluding carboxylic acids is 1. The van der Waals surface area contributed by atoms with Crippen molar-refractivity contribution in [1.82, 2.24) is 10.2 Å². The van der Waals surface area contributed by atoms with Crippen LogP contribution >= 0.6 is 12.4 Å². The van der Waals surface area contributed by atoms with Crippen molar-refractivity contribution in [2.24, 2.45) is 0 Å². The summed E-state index contributed by atoms with van der Waals surface area (Å²) >= 11 is 0. The number of hydrogen-bond donors (Lipinski definition) is 1. The number of hydrogen-bond acceptors (Lipinski definition) is 3. The fourth-order valence-corrected chi connectivity index (χ4v) is 2.32. The Kier molecular flexibility index (Phi) is 5.63. The highest BCUT2D eigenvalue weighted by Gasteiger charge is 2.26.